The van der Waals surface area contributed by atoms with Gasteiger partial charge in [0.2, 0.25) is 10.0 Å². The molecular weight excluding hydrogens is 334 g/mol. The van der Waals surface area contributed by atoms with Crippen LogP contribution in [0.3, 0.4) is 0 Å². The summed E-state index contributed by atoms with van der Waals surface area (Å²) >= 11 is 0. The molecular formula is C15H19N3O5S. The molecule has 8 nitrogen and oxygen atoms in total. The Balaban J connectivity index is 1.83. The zero-order valence-corrected chi connectivity index (χ0v) is 14.2. The second kappa shape index (κ2) is 6.14. The maximum atomic E-state index is 12.6. The molecule has 1 aromatic rings. The third-order valence-corrected chi connectivity index (χ3v) is 5.78. The Morgan fingerprint density at radius 1 is 1.12 bits per heavy atom. The van der Waals surface area contributed by atoms with E-state index in [4.69, 9.17) is 0 Å². The van der Waals surface area contributed by atoms with Crippen LogP contribution in [0.1, 0.15) is 39.3 Å². The van der Waals surface area contributed by atoms with E-state index in [1.165, 1.54) is 15.3 Å². The molecule has 0 saturated carbocycles. The Morgan fingerprint density at radius 3 is 2.42 bits per heavy atom. The lowest BCUT2D eigenvalue weighted by atomic mass is 9.93. The average Bonchev–Trinajstić information content (AvgIpc) is 2.53. The third kappa shape index (κ3) is 3.13. The average molecular weight is 353 g/mol. The standard InChI is InChI=1S/C15H19N3O5S/c1-24(22,23)18-7-5-17(6-8-18)15(21)11-9-10-12(16-14(11)20)3-2-4-13(10)19/h9H,2-8H2,1H3,(H,16,20). The van der Waals surface area contributed by atoms with Gasteiger partial charge in [0.15, 0.2) is 5.78 Å². The first-order valence-electron chi connectivity index (χ1n) is 7.81. The number of nitrogens with zero attached hydrogens (tertiary/aromatic N) is 2. The highest BCUT2D eigenvalue weighted by Gasteiger charge is 2.29. The van der Waals surface area contributed by atoms with Gasteiger partial charge in [0.25, 0.3) is 11.5 Å². The summed E-state index contributed by atoms with van der Waals surface area (Å²) < 4.78 is 24.3. The van der Waals surface area contributed by atoms with Gasteiger partial charge in [-0.05, 0) is 18.9 Å². The molecule has 1 N–H and O–H groups in total. The lowest BCUT2D eigenvalue weighted by molar-refractivity contribution is 0.0696. The van der Waals surface area contributed by atoms with Crippen molar-refractivity contribution < 1.29 is 18.0 Å². The minimum Gasteiger partial charge on any atom is -0.336 e. The second-order valence-electron chi connectivity index (χ2n) is 6.14. The highest BCUT2D eigenvalue weighted by molar-refractivity contribution is 7.88. The Kier molecular flexibility index (Phi) is 4.31. The molecule has 9 heteroatoms. The number of rotatable bonds is 2. The molecule has 1 saturated heterocycles. The van der Waals surface area contributed by atoms with Gasteiger partial charge in [0.05, 0.1) is 6.26 Å². The highest BCUT2D eigenvalue weighted by Crippen LogP contribution is 2.19. The molecule has 0 unspecified atom stereocenters. The van der Waals surface area contributed by atoms with Crippen molar-refractivity contribution in [3.63, 3.8) is 0 Å². The predicted octanol–water partition coefficient (Wildman–Crippen LogP) is -0.389. The predicted molar refractivity (Wildman–Crippen MR) is 86.7 cm³/mol. The van der Waals surface area contributed by atoms with Gasteiger partial charge in [0.1, 0.15) is 5.56 Å². The lowest BCUT2D eigenvalue weighted by Gasteiger charge is -2.33. The van der Waals surface area contributed by atoms with Gasteiger partial charge in [-0.1, -0.05) is 0 Å². The van der Waals surface area contributed by atoms with Gasteiger partial charge in [-0.25, -0.2) is 8.42 Å². The van der Waals surface area contributed by atoms with E-state index in [0.29, 0.717) is 30.5 Å². The first-order chi connectivity index (χ1) is 11.3. The van der Waals surface area contributed by atoms with Crippen LogP contribution in [-0.2, 0) is 16.4 Å². The lowest BCUT2D eigenvalue weighted by Crippen LogP contribution is -2.51. The van der Waals surface area contributed by atoms with Crippen LogP contribution in [0.4, 0.5) is 0 Å². The van der Waals surface area contributed by atoms with E-state index in [1.807, 2.05) is 0 Å². The second-order valence-corrected chi connectivity index (χ2v) is 8.12. The minimum absolute atomic E-state index is 0.0585. The van der Waals surface area contributed by atoms with Crippen molar-refractivity contribution in [2.75, 3.05) is 32.4 Å². The Bertz CT molecular complexity index is 850. The highest BCUT2D eigenvalue weighted by atomic mass is 32.2. The fourth-order valence-electron chi connectivity index (χ4n) is 3.13. The number of H-pyrrole nitrogens is 1. The van der Waals surface area contributed by atoms with E-state index in [9.17, 15) is 22.8 Å². The number of piperazine rings is 1. The quantitative estimate of drug-likeness (QED) is 0.779. The normalized spacial score (nSPS) is 19.2. The maximum Gasteiger partial charge on any atom is 0.261 e. The third-order valence-electron chi connectivity index (χ3n) is 4.48. The molecule has 24 heavy (non-hydrogen) atoms. The molecule has 2 aliphatic rings. The number of pyridine rings is 1. The summed E-state index contributed by atoms with van der Waals surface area (Å²) in [6.45, 7) is 0.839. The number of Topliss-reactive ketones (excluding diaryl/α,β-unsaturated/α-hetero) is 1. The molecule has 0 radical (unpaired) electrons. The molecule has 0 aromatic carbocycles. The first kappa shape index (κ1) is 16.8. The molecule has 1 aliphatic heterocycles. The molecule has 0 atom stereocenters. The van der Waals surface area contributed by atoms with E-state index in [-0.39, 0.29) is 37.5 Å². The Hall–Kier alpha value is -2.00. The van der Waals surface area contributed by atoms with E-state index < -0.39 is 21.5 Å². The molecule has 2 heterocycles. The van der Waals surface area contributed by atoms with Crippen LogP contribution in [0.2, 0.25) is 0 Å². The van der Waals surface area contributed by atoms with Crippen molar-refractivity contribution in [1.82, 2.24) is 14.2 Å². The number of aromatic nitrogens is 1. The summed E-state index contributed by atoms with van der Waals surface area (Å²) in [7, 11) is -3.28. The van der Waals surface area contributed by atoms with E-state index in [1.54, 1.807) is 0 Å². The van der Waals surface area contributed by atoms with Gasteiger partial charge >= 0.3 is 0 Å². The number of sulfonamides is 1. The summed E-state index contributed by atoms with van der Waals surface area (Å²) in [5, 5.41) is 0. The van der Waals surface area contributed by atoms with Crippen molar-refractivity contribution in [1.29, 1.82) is 0 Å². The van der Waals surface area contributed by atoms with Crippen LogP contribution in [0, 0.1) is 0 Å². The SMILES string of the molecule is CS(=O)(=O)N1CCN(C(=O)c2cc3c([nH]c2=O)CCCC3=O)CC1. The number of carbonyl (C=O) groups excluding carboxylic acids is 2. The van der Waals surface area contributed by atoms with Crippen molar-refractivity contribution in [2.24, 2.45) is 0 Å². The van der Waals surface area contributed by atoms with Crippen LogP contribution in [0.15, 0.2) is 10.9 Å². The maximum absolute atomic E-state index is 12.6. The number of fused-ring (bicyclic) bond motifs is 1. The van der Waals surface area contributed by atoms with Crippen molar-refractivity contribution >= 4 is 21.7 Å². The smallest absolute Gasteiger partial charge is 0.261 e. The number of hydrogen-bond donors (Lipinski definition) is 1. The molecule has 0 spiro atoms. The molecule has 130 valence electrons. The number of hydrogen-bond acceptors (Lipinski definition) is 5. The summed E-state index contributed by atoms with van der Waals surface area (Å²) in [5.41, 5.74) is 0.449. The molecule has 3 rings (SSSR count). The molecule has 1 aromatic heterocycles. The van der Waals surface area contributed by atoms with Gasteiger partial charge in [-0.3, -0.25) is 14.4 Å². The number of amides is 1. The fourth-order valence-corrected chi connectivity index (χ4v) is 3.95. The van der Waals surface area contributed by atoms with E-state index in [0.717, 1.165) is 6.26 Å². The first-order valence-corrected chi connectivity index (χ1v) is 9.66. The number of ketones is 1. The van der Waals surface area contributed by atoms with E-state index in [2.05, 4.69) is 4.98 Å². The van der Waals surface area contributed by atoms with Crippen LogP contribution >= 0.6 is 0 Å². The molecule has 1 fully saturated rings. The minimum atomic E-state index is -3.28. The molecule has 1 aliphatic carbocycles. The Morgan fingerprint density at radius 2 is 1.79 bits per heavy atom. The summed E-state index contributed by atoms with van der Waals surface area (Å²) in [5.74, 6) is -0.533. The number of aromatic amines is 1. The van der Waals surface area contributed by atoms with Gasteiger partial charge in [-0.15, -0.1) is 0 Å². The van der Waals surface area contributed by atoms with Crippen molar-refractivity contribution in [2.45, 2.75) is 19.3 Å². The summed E-state index contributed by atoms with van der Waals surface area (Å²) in [6.07, 6.45) is 2.87. The van der Waals surface area contributed by atoms with Gasteiger partial charge < -0.3 is 9.88 Å². The zero-order chi connectivity index (χ0) is 17.5. The Labute approximate surface area is 139 Å². The van der Waals surface area contributed by atoms with Crippen LogP contribution in [-0.4, -0.2) is 66.7 Å². The zero-order valence-electron chi connectivity index (χ0n) is 13.4. The number of carbonyl (C=O) groups is 2. The van der Waals surface area contributed by atoms with Gasteiger partial charge in [-0.2, -0.15) is 4.31 Å². The van der Waals surface area contributed by atoms with Crippen LogP contribution in [0.5, 0.6) is 0 Å². The fraction of sp³-hybridized carbons (Fsp3) is 0.533. The van der Waals surface area contributed by atoms with E-state index >= 15 is 0 Å². The van der Waals surface area contributed by atoms with Crippen molar-refractivity contribution in [3.05, 3.63) is 33.2 Å². The largest absolute Gasteiger partial charge is 0.336 e. The number of nitrogens with one attached hydrogen (secondary N) is 1. The molecule has 1 amide bonds. The summed E-state index contributed by atoms with van der Waals surface area (Å²) in [6, 6.07) is 1.39. The summed E-state index contributed by atoms with van der Waals surface area (Å²) in [4.78, 5) is 40.9. The number of aryl methyl sites for hydroxylation is 1. The van der Waals surface area contributed by atoms with Crippen LogP contribution < -0.4 is 5.56 Å². The molecule has 0 bridgehead atoms. The van der Waals surface area contributed by atoms with Gasteiger partial charge in [0, 0.05) is 43.9 Å². The van der Waals surface area contributed by atoms with Crippen LogP contribution in [0.25, 0.3) is 0 Å². The monoisotopic (exact) mass is 353 g/mol. The topological polar surface area (TPSA) is 108 Å². The van der Waals surface area contributed by atoms with Crippen molar-refractivity contribution in [3.8, 4) is 0 Å².